The quantitative estimate of drug-likeness (QED) is 0.351. The SMILES string of the molecule is CCOc1cc(/C=N\NC(=O)c2cc3cccc(OC)c3o2)cc(Br)c1OCC(N)=O. The monoisotopic (exact) mass is 489 g/mol. The molecule has 3 rings (SSSR count). The van der Waals surface area contributed by atoms with Gasteiger partial charge in [-0.3, -0.25) is 9.59 Å². The van der Waals surface area contributed by atoms with E-state index in [-0.39, 0.29) is 12.4 Å². The molecule has 3 N–H and O–H groups in total. The molecule has 0 unspecified atom stereocenters. The fourth-order valence-corrected chi connectivity index (χ4v) is 3.31. The molecule has 0 aliphatic carbocycles. The first-order valence-electron chi connectivity index (χ1n) is 9.20. The van der Waals surface area contributed by atoms with Gasteiger partial charge in [0.1, 0.15) is 0 Å². The normalized spacial score (nSPS) is 10.9. The van der Waals surface area contributed by atoms with Crippen LogP contribution in [0.2, 0.25) is 0 Å². The molecule has 9 nitrogen and oxygen atoms in total. The lowest BCUT2D eigenvalue weighted by Gasteiger charge is -2.13. The minimum atomic E-state index is -0.606. The van der Waals surface area contributed by atoms with E-state index in [2.05, 4.69) is 26.5 Å². The lowest BCUT2D eigenvalue weighted by Crippen LogP contribution is -2.20. The number of para-hydroxylation sites is 1. The number of hydrogen-bond acceptors (Lipinski definition) is 7. The Morgan fingerprint density at radius 3 is 2.74 bits per heavy atom. The average Bonchev–Trinajstić information content (AvgIpc) is 3.17. The smallest absolute Gasteiger partial charge is 0.307 e. The van der Waals surface area contributed by atoms with Crippen LogP contribution in [0.25, 0.3) is 11.0 Å². The van der Waals surface area contributed by atoms with Crippen LogP contribution in [0.3, 0.4) is 0 Å². The van der Waals surface area contributed by atoms with Crippen molar-refractivity contribution in [3.8, 4) is 17.2 Å². The molecule has 0 atom stereocenters. The number of halogens is 1. The highest BCUT2D eigenvalue weighted by molar-refractivity contribution is 9.10. The molecule has 0 spiro atoms. The molecule has 0 saturated heterocycles. The Balaban J connectivity index is 1.75. The molecule has 162 valence electrons. The topological polar surface area (TPSA) is 125 Å². The number of furan rings is 1. The second kappa shape index (κ2) is 9.98. The molecule has 0 aliphatic heterocycles. The average molecular weight is 490 g/mol. The summed E-state index contributed by atoms with van der Waals surface area (Å²) in [5.74, 6) is 0.259. The predicted molar refractivity (Wildman–Crippen MR) is 118 cm³/mol. The van der Waals surface area contributed by atoms with Gasteiger partial charge in [0, 0.05) is 5.39 Å². The number of fused-ring (bicyclic) bond motifs is 1. The number of carbonyl (C=O) groups excluding carboxylic acids is 2. The molecule has 1 heterocycles. The first-order valence-corrected chi connectivity index (χ1v) is 9.99. The molecule has 0 bridgehead atoms. The third-order valence-corrected chi connectivity index (χ3v) is 4.61. The minimum Gasteiger partial charge on any atom is -0.493 e. The van der Waals surface area contributed by atoms with Crippen LogP contribution in [0.4, 0.5) is 0 Å². The number of benzene rings is 2. The summed E-state index contributed by atoms with van der Waals surface area (Å²) in [4.78, 5) is 23.4. The maximum atomic E-state index is 12.4. The number of nitrogens with one attached hydrogen (secondary N) is 1. The molecule has 31 heavy (non-hydrogen) atoms. The van der Waals surface area contributed by atoms with Crippen molar-refractivity contribution in [2.24, 2.45) is 10.8 Å². The summed E-state index contributed by atoms with van der Waals surface area (Å²) in [5, 5.41) is 4.71. The van der Waals surface area contributed by atoms with Crippen molar-refractivity contribution >= 4 is 44.9 Å². The zero-order chi connectivity index (χ0) is 22.4. The summed E-state index contributed by atoms with van der Waals surface area (Å²) in [5.41, 5.74) is 8.65. The van der Waals surface area contributed by atoms with E-state index in [1.807, 2.05) is 13.0 Å². The Labute approximate surface area is 186 Å². The van der Waals surface area contributed by atoms with Gasteiger partial charge in [-0.15, -0.1) is 0 Å². The molecule has 2 amide bonds. The van der Waals surface area contributed by atoms with Crippen LogP contribution in [0.5, 0.6) is 17.2 Å². The summed E-state index contributed by atoms with van der Waals surface area (Å²) in [6.45, 7) is 1.91. The number of hydrazone groups is 1. The van der Waals surface area contributed by atoms with Gasteiger partial charge in [0.05, 0.1) is 24.4 Å². The lowest BCUT2D eigenvalue weighted by atomic mass is 10.2. The van der Waals surface area contributed by atoms with Crippen LogP contribution < -0.4 is 25.4 Å². The molecule has 2 aromatic carbocycles. The third-order valence-electron chi connectivity index (χ3n) is 4.02. The summed E-state index contributed by atoms with van der Waals surface area (Å²) in [7, 11) is 1.53. The molecule has 10 heteroatoms. The number of primary amides is 1. The lowest BCUT2D eigenvalue weighted by molar-refractivity contribution is -0.119. The van der Waals surface area contributed by atoms with Gasteiger partial charge in [0.15, 0.2) is 35.2 Å². The molecular formula is C21H20BrN3O6. The van der Waals surface area contributed by atoms with Crippen molar-refractivity contribution in [3.63, 3.8) is 0 Å². The van der Waals surface area contributed by atoms with E-state index >= 15 is 0 Å². The van der Waals surface area contributed by atoms with E-state index in [0.29, 0.717) is 39.5 Å². The molecule has 0 radical (unpaired) electrons. The van der Waals surface area contributed by atoms with Crippen molar-refractivity contribution in [3.05, 3.63) is 52.2 Å². The highest BCUT2D eigenvalue weighted by Crippen LogP contribution is 2.36. The maximum absolute atomic E-state index is 12.4. The van der Waals surface area contributed by atoms with E-state index in [9.17, 15) is 9.59 Å². The van der Waals surface area contributed by atoms with Gasteiger partial charge < -0.3 is 24.4 Å². The number of nitrogens with two attached hydrogens (primary N) is 1. The van der Waals surface area contributed by atoms with Gasteiger partial charge in [-0.25, -0.2) is 5.43 Å². The van der Waals surface area contributed by atoms with Crippen LogP contribution in [0, 0.1) is 0 Å². The van der Waals surface area contributed by atoms with Crippen molar-refractivity contribution in [2.45, 2.75) is 6.92 Å². The predicted octanol–water partition coefficient (Wildman–Crippen LogP) is 3.23. The molecule has 0 saturated carbocycles. The molecule has 0 fully saturated rings. The second-order valence-corrected chi connectivity index (χ2v) is 7.06. The fraction of sp³-hybridized carbons (Fsp3) is 0.190. The number of methoxy groups -OCH3 is 1. The third kappa shape index (κ3) is 5.34. The molecule has 3 aromatic rings. The minimum absolute atomic E-state index is 0.100. The number of ether oxygens (including phenoxy) is 3. The highest BCUT2D eigenvalue weighted by Gasteiger charge is 2.15. The zero-order valence-electron chi connectivity index (χ0n) is 16.8. The van der Waals surface area contributed by atoms with Crippen molar-refractivity contribution in [1.29, 1.82) is 0 Å². The number of nitrogens with zero attached hydrogens (tertiary/aromatic N) is 1. The van der Waals surface area contributed by atoms with E-state index < -0.39 is 11.8 Å². The Kier molecular flexibility index (Phi) is 7.14. The van der Waals surface area contributed by atoms with Crippen LogP contribution in [0.15, 0.2) is 50.4 Å². The van der Waals surface area contributed by atoms with Crippen molar-refractivity contribution < 1.29 is 28.2 Å². The Hall–Kier alpha value is -3.53. The van der Waals surface area contributed by atoms with E-state index in [1.54, 1.807) is 30.3 Å². The Bertz CT molecular complexity index is 1140. The first kappa shape index (κ1) is 22.2. The second-order valence-electron chi connectivity index (χ2n) is 6.21. The van der Waals surface area contributed by atoms with Crippen molar-refractivity contribution in [2.75, 3.05) is 20.3 Å². The van der Waals surface area contributed by atoms with Crippen LogP contribution in [0.1, 0.15) is 23.0 Å². The fourth-order valence-electron chi connectivity index (χ4n) is 2.74. The van der Waals surface area contributed by atoms with Gasteiger partial charge in [-0.05, 0) is 52.7 Å². The summed E-state index contributed by atoms with van der Waals surface area (Å²) in [6.07, 6.45) is 1.44. The first-order chi connectivity index (χ1) is 14.9. The highest BCUT2D eigenvalue weighted by atomic mass is 79.9. The van der Waals surface area contributed by atoms with Gasteiger partial charge in [-0.1, -0.05) is 12.1 Å². The maximum Gasteiger partial charge on any atom is 0.307 e. The Morgan fingerprint density at radius 2 is 2.03 bits per heavy atom. The van der Waals surface area contributed by atoms with E-state index in [4.69, 9.17) is 24.4 Å². The van der Waals surface area contributed by atoms with Gasteiger partial charge in [-0.2, -0.15) is 5.10 Å². The van der Waals surface area contributed by atoms with Crippen LogP contribution in [-0.2, 0) is 4.79 Å². The van der Waals surface area contributed by atoms with Gasteiger partial charge in [0.2, 0.25) is 0 Å². The van der Waals surface area contributed by atoms with Crippen LogP contribution >= 0.6 is 15.9 Å². The molecular weight excluding hydrogens is 470 g/mol. The number of rotatable bonds is 9. The van der Waals surface area contributed by atoms with Gasteiger partial charge >= 0.3 is 5.91 Å². The number of carbonyl (C=O) groups is 2. The number of hydrogen-bond donors (Lipinski definition) is 2. The molecule has 0 aliphatic rings. The summed E-state index contributed by atoms with van der Waals surface area (Å²) in [6, 6.07) is 10.3. The zero-order valence-corrected chi connectivity index (χ0v) is 18.4. The standard InChI is InChI=1S/C21H20BrN3O6/c1-3-29-16-8-12(7-14(22)20(16)30-11-18(23)26)10-24-25-21(27)17-9-13-5-4-6-15(28-2)19(13)31-17/h4-10H,3,11H2,1-2H3,(H2,23,26)(H,25,27)/b24-10-. The van der Waals surface area contributed by atoms with Crippen molar-refractivity contribution in [1.82, 2.24) is 5.43 Å². The van der Waals surface area contributed by atoms with E-state index in [0.717, 1.165) is 5.39 Å². The van der Waals surface area contributed by atoms with E-state index in [1.165, 1.54) is 13.3 Å². The molecule has 1 aromatic heterocycles. The van der Waals surface area contributed by atoms with Gasteiger partial charge in [0.25, 0.3) is 5.91 Å². The largest absolute Gasteiger partial charge is 0.493 e. The summed E-state index contributed by atoms with van der Waals surface area (Å²) >= 11 is 3.38. The number of amides is 2. The van der Waals surface area contributed by atoms with Crippen LogP contribution in [-0.4, -0.2) is 38.4 Å². The summed E-state index contributed by atoms with van der Waals surface area (Å²) < 4.78 is 22.3. The Morgan fingerprint density at radius 1 is 1.23 bits per heavy atom.